The zero-order valence-corrected chi connectivity index (χ0v) is 17.6. The van der Waals surface area contributed by atoms with Crippen LogP contribution in [0.2, 0.25) is 0 Å². The van der Waals surface area contributed by atoms with Crippen LogP contribution < -0.4 is 9.47 Å². The Kier molecular flexibility index (Phi) is 6.46. The molecule has 0 saturated carbocycles. The molecular formula is C27H22FNO3. The Hall–Kier alpha value is -4.12. The first-order chi connectivity index (χ1) is 15.6. The topological polar surface area (TPSA) is 40.5 Å². The average Bonchev–Trinajstić information content (AvgIpc) is 3.37. The lowest BCUT2D eigenvalue weighted by molar-refractivity contribution is 0.104. The number of allylic oxidation sites excluding steroid dienone is 1. The first-order valence-electron chi connectivity index (χ1n) is 10.1. The fraction of sp³-hybridized carbons (Fsp3) is 0.0741. The lowest BCUT2D eigenvalue weighted by Gasteiger charge is -2.11. The van der Waals surface area contributed by atoms with Crippen LogP contribution in [0.3, 0.4) is 0 Å². The quantitative estimate of drug-likeness (QED) is 0.252. The van der Waals surface area contributed by atoms with Gasteiger partial charge in [-0.25, -0.2) is 4.39 Å². The van der Waals surface area contributed by atoms with Crippen LogP contribution >= 0.6 is 0 Å². The van der Waals surface area contributed by atoms with Gasteiger partial charge in [-0.15, -0.1) is 0 Å². The number of carbonyl (C=O) groups excluding carboxylic acids is 1. The molecule has 4 rings (SSSR count). The second kappa shape index (κ2) is 9.79. The fourth-order valence-corrected chi connectivity index (χ4v) is 3.28. The van der Waals surface area contributed by atoms with Crippen LogP contribution in [-0.4, -0.2) is 17.5 Å². The maximum Gasteiger partial charge on any atom is 0.185 e. The number of benzene rings is 3. The van der Waals surface area contributed by atoms with Gasteiger partial charge in [0.15, 0.2) is 5.78 Å². The van der Waals surface area contributed by atoms with Gasteiger partial charge >= 0.3 is 0 Å². The van der Waals surface area contributed by atoms with Crippen molar-refractivity contribution in [1.82, 2.24) is 4.57 Å². The van der Waals surface area contributed by atoms with E-state index >= 15 is 0 Å². The molecule has 1 heterocycles. The minimum absolute atomic E-state index is 0.0796. The van der Waals surface area contributed by atoms with Crippen molar-refractivity contribution in [2.75, 3.05) is 7.11 Å². The average molecular weight is 427 g/mol. The van der Waals surface area contributed by atoms with Crippen LogP contribution in [0, 0.1) is 5.82 Å². The van der Waals surface area contributed by atoms with Crippen molar-refractivity contribution < 1.29 is 18.7 Å². The van der Waals surface area contributed by atoms with E-state index in [9.17, 15) is 9.18 Å². The summed E-state index contributed by atoms with van der Waals surface area (Å²) in [5.74, 6) is 0.846. The second-order valence-electron chi connectivity index (χ2n) is 7.15. The van der Waals surface area contributed by atoms with E-state index in [4.69, 9.17) is 9.47 Å². The Morgan fingerprint density at radius 1 is 0.969 bits per heavy atom. The van der Waals surface area contributed by atoms with E-state index in [0.29, 0.717) is 17.1 Å². The number of halogens is 1. The van der Waals surface area contributed by atoms with E-state index in [0.717, 1.165) is 16.8 Å². The summed E-state index contributed by atoms with van der Waals surface area (Å²) in [6.07, 6.45) is 7.23. The van der Waals surface area contributed by atoms with Crippen molar-refractivity contribution in [3.8, 4) is 17.2 Å². The van der Waals surface area contributed by atoms with Crippen molar-refractivity contribution in [2.45, 2.75) is 6.61 Å². The summed E-state index contributed by atoms with van der Waals surface area (Å²) in [5.41, 5.74) is 3.28. The van der Waals surface area contributed by atoms with Gasteiger partial charge in [-0.2, -0.15) is 0 Å². The first kappa shape index (κ1) is 21.1. The largest absolute Gasteiger partial charge is 0.496 e. The number of nitrogens with zero attached hydrogens (tertiary/aromatic N) is 1. The Morgan fingerprint density at radius 3 is 2.38 bits per heavy atom. The molecular weight excluding hydrogens is 405 g/mol. The van der Waals surface area contributed by atoms with E-state index < -0.39 is 0 Å². The fourth-order valence-electron chi connectivity index (χ4n) is 3.28. The van der Waals surface area contributed by atoms with Gasteiger partial charge < -0.3 is 14.0 Å². The smallest absolute Gasteiger partial charge is 0.185 e. The van der Waals surface area contributed by atoms with Gasteiger partial charge in [-0.1, -0.05) is 12.1 Å². The van der Waals surface area contributed by atoms with Crippen molar-refractivity contribution in [2.24, 2.45) is 0 Å². The van der Waals surface area contributed by atoms with Gasteiger partial charge in [0, 0.05) is 29.2 Å². The van der Waals surface area contributed by atoms with Gasteiger partial charge in [0.2, 0.25) is 0 Å². The molecule has 0 spiro atoms. The van der Waals surface area contributed by atoms with E-state index in [1.165, 1.54) is 12.1 Å². The summed E-state index contributed by atoms with van der Waals surface area (Å²) < 4.78 is 26.2. The molecule has 3 aromatic carbocycles. The summed E-state index contributed by atoms with van der Waals surface area (Å²) in [6.45, 7) is 0.255. The molecule has 0 unspecified atom stereocenters. The molecule has 0 fully saturated rings. The minimum Gasteiger partial charge on any atom is -0.496 e. The summed E-state index contributed by atoms with van der Waals surface area (Å²) in [5, 5.41) is 0. The molecule has 0 amide bonds. The molecule has 32 heavy (non-hydrogen) atoms. The Labute approximate surface area is 186 Å². The molecule has 0 aliphatic rings. The lowest BCUT2D eigenvalue weighted by atomic mass is 10.1. The number of hydrogen-bond donors (Lipinski definition) is 0. The van der Waals surface area contributed by atoms with Crippen LogP contribution in [0.25, 0.3) is 11.8 Å². The molecule has 0 saturated heterocycles. The first-order valence-corrected chi connectivity index (χ1v) is 10.1. The third kappa shape index (κ3) is 5.13. The van der Waals surface area contributed by atoms with Crippen molar-refractivity contribution in [3.63, 3.8) is 0 Å². The van der Waals surface area contributed by atoms with Gasteiger partial charge in [0.25, 0.3) is 0 Å². The second-order valence-corrected chi connectivity index (χ2v) is 7.15. The molecule has 4 aromatic rings. The number of carbonyl (C=O) groups is 1. The summed E-state index contributed by atoms with van der Waals surface area (Å²) in [4.78, 5) is 12.6. The van der Waals surface area contributed by atoms with Crippen molar-refractivity contribution in [3.05, 3.63) is 120 Å². The number of ether oxygens (including phenoxy) is 2. The zero-order valence-electron chi connectivity index (χ0n) is 17.6. The molecule has 4 nitrogen and oxygen atoms in total. The third-order valence-electron chi connectivity index (χ3n) is 4.99. The highest BCUT2D eigenvalue weighted by molar-refractivity contribution is 6.06. The highest BCUT2D eigenvalue weighted by atomic mass is 19.1. The number of rotatable bonds is 8. The van der Waals surface area contributed by atoms with Crippen LogP contribution in [-0.2, 0) is 6.61 Å². The lowest BCUT2D eigenvalue weighted by Crippen LogP contribution is -1.99. The molecule has 0 bridgehead atoms. The Morgan fingerprint density at radius 2 is 1.69 bits per heavy atom. The van der Waals surface area contributed by atoms with E-state index in [1.807, 2.05) is 71.6 Å². The van der Waals surface area contributed by atoms with E-state index in [-0.39, 0.29) is 18.2 Å². The molecule has 0 atom stereocenters. The Balaban J connectivity index is 1.45. The monoisotopic (exact) mass is 427 g/mol. The summed E-state index contributed by atoms with van der Waals surface area (Å²) >= 11 is 0. The standard InChI is InChI=1S/C27H22FNO3/c1-31-27-15-5-20(18-22(27)19-32-25-12-8-23(28)9-13-25)4-14-26(30)21-6-10-24(11-7-21)29-16-2-3-17-29/h2-18H,19H2,1H3/b14-4+. The SMILES string of the molecule is COc1ccc(/C=C/C(=O)c2ccc(-n3cccc3)cc2)cc1COc1ccc(F)cc1. The van der Waals surface area contributed by atoms with Crippen LogP contribution in [0.1, 0.15) is 21.5 Å². The normalized spacial score (nSPS) is 10.9. The maximum atomic E-state index is 13.1. The molecule has 0 N–H and O–H groups in total. The highest BCUT2D eigenvalue weighted by Crippen LogP contribution is 2.23. The van der Waals surface area contributed by atoms with E-state index in [2.05, 4.69) is 0 Å². The third-order valence-corrected chi connectivity index (χ3v) is 4.99. The molecule has 1 aromatic heterocycles. The van der Waals surface area contributed by atoms with Crippen molar-refractivity contribution in [1.29, 1.82) is 0 Å². The molecule has 0 aliphatic heterocycles. The Bertz CT molecular complexity index is 1210. The van der Waals surface area contributed by atoms with Crippen LogP contribution in [0.15, 0.2) is 97.3 Å². The number of hydrogen-bond acceptors (Lipinski definition) is 3. The van der Waals surface area contributed by atoms with Gasteiger partial charge in [0.05, 0.1) is 7.11 Å². The number of aromatic nitrogens is 1. The summed E-state index contributed by atoms with van der Waals surface area (Å²) in [7, 11) is 1.59. The minimum atomic E-state index is -0.314. The van der Waals surface area contributed by atoms with Gasteiger partial charge in [-0.05, 0) is 84.4 Å². The predicted molar refractivity (Wildman–Crippen MR) is 123 cm³/mol. The predicted octanol–water partition coefficient (Wildman–Crippen LogP) is 6.10. The maximum absolute atomic E-state index is 13.1. The number of ketones is 1. The molecule has 160 valence electrons. The van der Waals surface area contributed by atoms with E-state index in [1.54, 1.807) is 31.4 Å². The summed E-state index contributed by atoms with van der Waals surface area (Å²) in [6, 6.07) is 22.8. The van der Waals surface area contributed by atoms with Gasteiger partial charge in [0.1, 0.15) is 23.9 Å². The van der Waals surface area contributed by atoms with Crippen LogP contribution in [0.5, 0.6) is 11.5 Å². The van der Waals surface area contributed by atoms with Gasteiger partial charge in [-0.3, -0.25) is 4.79 Å². The van der Waals surface area contributed by atoms with Crippen LogP contribution in [0.4, 0.5) is 4.39 Å². The molecule has 0 aliphatic carbocycles. The van der Waals surface area contributed by atoms with Crippen molar-refractivity contribution >= 4 is 11.9 Å². The molecule has 5 heteroatoms. The highest BCUT2D eigenvalue weighted by Gasteiger charge is 2.07. The number of methoxy groups -OCH3 is 1. The zero-order chi connectivity index (χ0) is 22.3. The molecule has 0 radical (unpaired) electrons.